The molecule has 13 nitrogen and oxygen atoms in total. The van der Waals surface area contributed by atoms with Crippen molar-refractivity contribution in [1.29, 1.82) is 0 Å². The molecule has 0 aliphatic carbocycles. The van der Waals surface area contributed by atoms with Gasteiger partial charge in [0.2, 0.25) is 17.7 Å². The molecular formula is C24H36N4O9. The highest BCUT2D eigenvalue weighted by atomic mass is 16.4. The lowest BCUT2D eigenvalue weighted by atomic mass is 10.0. The van der Waals surface area contributed by atoms with E-state index in [9.17, 15) is 39.3 Å². The number of aliphatic carboxylic acids is 2. The van der Waals surface area contributed by atoms with Gasteiger partial charge in [0.1, 0.15) is 17.8 Å². The summed E-state index contributed by atoms with van der Waals surface area (Å²) in [7, 11) is 0. The number of carboxylic acids is 2. The molecule has 3 amide bonds. The molecule has 0 saturated heterocycles. The van der Waals surface area contributed by atoms with Crippen LogP contribution in [0.1, 0.15) is 45.6 Å². The third-order valence-electron chi connectivity index (χ3n) is 5.39. The molecular weight excluding hydrogens is 488 g/mol. The fourth-order valence-corrected chi connectivity index (χ4v) is 3.41. The molecule has 5 atom stereocenters. The Kier molecular flexibility index (Phi) is 12.5. The Bertz CT molecular complexity index is 950. The van der Waals surface area contributed by atoms with Gasteiger partial charge in [-0.3, -0.25) is 19.2 Å². The Morgan fingerprint density at radius 1 is 0.865 bits per heavy atom. The summed E-state index contributed by atoms with van der Waals surface area (Å²) in [6, 6.07) is 0.728. The predicted octanol–water partition coefficient (Wildman–Crippen LogP) is -0.907. The number of hydrogen-bond donors (Lipinski definition) is 8. The highest BCUT2D eigenvalue weighted by Gasteiger charge is 2.32. The zero-order chi connectivity index (χ0) is 28.3. The van der Waals surface area contributed by atoms with Crippen LogP contribution in [0.25, 0.3) is 0 Å². The average molecular weight is 525 g/mol. The number of aliphatic hydroxyl groups excluding tert-OH is 1. The lowest BCUT2D eigenvalue weighted by Gasteiger charge is -2.26. The van der Waals surface area contributed by atoms with E-state index in [0.29, 0.717) is 5.56 Å². The van der Waals surface area contributed by atoms with Crippen molar-refractivity contribution in [3.05, 3.63) is 29.8 Å². The van der Waals surface area contributed by atoms with E-state index in [4.69, 9.17) is 10.8 Å². The second kappa shape index (κ2) is 14.8. The monoisotopic (exact) mass is 524 g/mol. The minimum atomic E-state index is -1.61. The number of carbonyl (C=O) groups excluding carboxylic acids is 3. The number of benzene rings is 1. The Balaban J connectivity index is 3.00. The molecule has 1 aromatic rings. The number of amides is 3. The molecule has 5 unspecified atom stereocenters. The van der Waals surface area contributed by atoms with Gasteiger partial charge in [-0.1, -0.05) is 26.0 Å². The molecule has 0 fully saturated rings. The topological polar surface area (TPSA) is 228 Å². The number of nitrogens with two attached hydrogens (primary N) is 1. The summed E-state index contributed by atoms with van der Waals surface area (Å²) in [6.45, 7) is 4.72. The summed E-state index contributed by atoms with van der Waals surface area (Å²) in [5.41, 5.74) is 6.60. The quantitative estimate of drug-likeness (QED) is 0.141. The first-order valence-corrected chi connectivity index (χ1v) is 11.8. The number of phenols is 1. The molecule has 13 heteroatoms. The summed E-state index contributed by atoms with van der Waals surface area (Å²) in [5, 5.41) is 44.4. The second-order valence-corrected chi connectivity index (χ2v) is 9.23. The van der Waals surface area contributed by atoms with Crippen molar-refractivity contribution < 1.29 is 44.4 Å². The number of hydrogen-bond acceptors (Lipinski definition) is 8. The molecule has 1 rings (SSSR count). The largest absolute Gasteiger partial charge is 0.508 e. The van der Waals surface area contributed by atoms with Crippen LogP contribution in [0.2, 0.25) is 0 Å². The normalized spacial score (nSPS) is 15.1. The fraction of sp³-hybridized carbons (Fsp3) is 0.542. The van der Waals surface area contributed by atoms with Crippen LogP contribution in [0.5, 0.6) is 5.75 Å². The van der Waals surface area contributed by atoms with E-state index in [2.05, 4.69) is 16.0 Å². The SMILES string of the molecule is CC(C)CC(NC(=O)C(CCC(=O)O)NC(=O)C(N)Cc1ccc(O)cc1)C(=O)NC(C(=O)O)C(C)O. The van der Waals surface area contributed by atoms with Gasteiger partial charge in [0.25, 0.3) is 0 Å². The van der Waals surface area contributed by atoms with Crippen LogP contribution >= 0.6 is 0 Å². The zero-order valence-corrected chi connectivity index (χ0v) is 21.0. The third kappa shape index (κ3) is 11.3. The van der Waals surface area contributed by atoms with E-state index >= 15 is 0 Å². The fourth-order valence-electron chi connectivity index (χ4n) is 3.41. The predicted molar refractivity (Wildman–Crippen MR) is 131 cm³/mol. The maximum absolute atomic E-state index is 13.0. The molecule has 0 heterocycles. The molecule has 0 radical (unpaired) electrons. The van der Waals surface area contributed by atoms with Crippen LogP contribution in [0.4, 0.5) is 0 Å². The van der Waals surface area contributed by atoms with Crippen molar-refractivity contribution in [3.63, 3.8) is 0 Å². The summed E-state index contributed by atoms with van der Waals surface area (Å²) in [5.74, 6) is -5.19. The minimum absolute atomic E-state index is 0.0373. The smallest absolute Gasteiger partial charge is 0.328 e. The number of carbonyl (C=O) groups is 5. The standard InChI is InChI=1S/C24H36N4O9/c1-12(2)10-18(23(35)28-20(13(3)29)24(36)37)27-22(34)17(8-9-19(31)32)26-21(33)16(25)11-14-4-6-15(30)7-5-14/h4-7,12-13,16-18,20,29-30H,8-11,25H2,1-3H3,(H,26,33)(H,27,34)(H,28,35)(H,31,32)(H,36,37). The second-order valence-electron chi connectivity index (χ2n) is 9.23. The highest BCUT2D eigenvalue weighted by Crippen LogP contribution is 2.12. The minimum Gasteiger partial charge on any atom is -0.508 e. The van der Waals surface area contributed by atoms with Crippen molar-refractivity contribution in [2.75, 3.05) is 0 Å². The van der Waals surface area contributed by atoms with Gasteiger partial charge in [-0.05, 0) is 49.8 Å². The van der Waals surface area contributed by atoms with Crippen LogP contribution in [0.3, 0.4) is 0 Å². The first-order chi connectivity index (χ1) is 17.2. The summed E-state index contributed by atoms with van der Waals surface area (Å²) < 4.78 is 0. The maximum Gasteiger partial charge on any atom is 0.328 e. The van der Waals surface area contributed by atoms with Crippen LogP contribution in [0.15, 0.2) is 24.3 Å². The van der Waals surface area contributed by atoms with Crippen molar-refractivity contribution in [2.45, 2.75) is 76.7 Å². The summed E-state index contributed by atoms with van der Waals surface area (Å²) in [4.78, 5) is 60.9. The van der Waals surface area contributed by atoms with Crippen molar-refractivity contribution in [1.82, 2.24) is 16.0 Å². The van der Waals surface area contributed by atoms with Gasteiger partial charge in [0.05, 0.1) is 12.1 Å². The Hall–Kier alpha value is -3.71. The molecule has 0 bridgehead atoms. The van der Waals surface area contributed by atoms with Crippen molar-refractivity contribution in [3.8, 4) is 5.75 Å². The Morgan fingerprint density at radius 3 is 1.89 bits per heavy atom. The summed E-state index contributed by atoms with van der Waals surface area (Å²) >= 11 is 0. The molecule has 206 valence electrons. The van der Waals surface area contributed by atoms with Gasteiger partial charge < -0.3 is 42.1 Å². The first-order valence-electron chi connectivity index (χ1n) is 11.8. The molecule has 0 aromatic heterocycles. The van der Waals surface area contributed by atoms with E-state index in [1.54, 1.807) is 26.0 Å². The van der Waals surface area contributed by atoms with E-state index in [0.717, 1.165) is 0 Å². The zero-order valence-electron chi connectivity index (χ0n) is 21.0. The number of phenolic OH excluding ortho intramolecular Hbond substituents is 1. The molecule has 0 aliphatic heterocycles. The Labute approximate surface area is 214 Å². The van der Waals surface area contributed by atoms with Crippen LogP contribution in [-0.2, 0) is 30.4 Å². The van der Waals surface area contributed by atoms with Crippen LogP contribution in [-0.4, -0.2) is 80.4 Å². The van der Waals surface area contributed by atoms with Gasteiger partial charge >= 0.3 is 11.9 Å². The van der Waals surface area contributed by atoms with Gasteiger partial charge in [-0.2, -0.15) is 0 Å². The molecule has 0 saturated carbocycles. The van der Waals surface area contributed by atoms with Crippen LogP contribution in [0, 0.1) is 5.92 Å². The number of rotatable bonds is 15. The molecule has 0 aliphatic rings. The average Bonchev–Trinajstić information content (AvgIpc) is 2.79. The Morgan fingerprint density at radius 2 is 1.41 bits per heavy atom. The van der Waals surface area contributed by atoms with Crippen LogP contribution < -0.4 is 21.7 Å². The van der Waals surface area contributed by atoms with Crippen molar-refractivity contribution in [2.24, 2.45) is 11.7 Å². The van der Waals surface area contributed by atoms with E-state index < -0.39 is 66.4 Å². The number of nitrogens with one attached hydrogen (secondary N) is 3. The molecule has 37 heavy (non-hydrogen) atoms. The summed E-state index contributed by atoms with van der Waals surface area (Å²) in [6.07, 6.45) is -1.98. The first kappa shape index (κ1) is 31.3. The number of aliphatic hydroxyl groups is 1. The molecule has 0 spiro atoms. The molecule has 1 aromatic carbocycles. The van der Waals surface area contributed by atoms with Gasteiger partial charge in [0, 0.05) is 6.42 Å². The lowest BCUT2D eigenvalue weighted by molar-refractivity contribution is -0.145. The number of aromatic hydroxyl groups is 1. The van der Waals surface area contributed by atoms with Crippen molar-refractivity contribution >= 4 is 29.7 Å². The van der Waals surface area contributed by atoms with E-state index in [1.165, 1.54) is 19.1 Å². The maximum atomic E-state index is 13.0. The van der Waals surface area contributed by atoms with E-state index in [-0.39, 0.29) is 30.9 Å². The van der Waals surface area contributed by atoms with Gasteiger partial charge in [-0.25, -0.2) is 4.79 Å². The van der Waals surface area contributed by atoms with E-state index in [1.807, 2.05) is 0 Å². The third-order valence-corrected chi connectivity index (χ3v) is 5.39. The lowest BCUT2D eigenvalue weighted by Crippen LogP contribution is -2.58. The number of carboxylic acid groups (broad SMARTS) is 2. The van der Waals surface area contributed by atoms with Gasteiger partial charge in [-0.15, -0.1) is 0 Å². The van der Waals surface area contributed by atoms with Gasteiger partial charge in [0.15, 0.2) is 6.04 Å². The highest BCUT2D eigenvalue weighted by molar-refractivity contribution is 5.94. The molecule has 9 N–H and O–H groups in total.